The molecular formula is C14H12N4O2. The molecule has 0 aliphatic heterocycles. The Bertz CT molecular complexity index is 924. The molecule has 0 saturated heterocycles. The van der Waals surface area contributed by atoms with Crippen LogP contribution in [0, 0.1) is 13.8 Å². The molecule has 6 nitrogen and oxygen atoms in total. The zero-order valence-corrected chi connectivity index (χ0v) is 11.0. The van der Waals surface area contributed by atoms with Crippen molar-refractivity contribution in [2.75, 3.05) is 0 Å². The van der Waals surface area contributed by atoms with Crippen molar-refractivity contribution < 1.29 is 0 Å². The number of aromatic amines is 1. The Morgan fingerprint density at radius 1 is 1.15 bits per heavy atom. The summed E-state index contributed by atoms with van der Waals surface area (Å²) in [4.78, 5) is 34.7. The van der Waals surface area contributed by atoms with Crippen LogP contribution >= 0.6 is 0 Å². The third kappa shape index (κ3) is 1.82. The number of pyridine rings is 2. The van der Waals surface area contributed by atoms with Gasteiger partial charge in [-0.05, 0) is 37.6 Å². The molecule has 0 bridgehead atoms. The van der Waals surface area contributed by atoms with E-state index in [1.807, 2.05) is 13.8 Å². The maximum absolute atomic E-state index is 12.2. The van der Waals surface area contributed by atoms with Crippen LogP contribution in [0.25, 0.3) is 16.7 Å². The second-order valence-electron chi connectivity index (χ2n) is 4.58. The molecular weight excluding hydrogens is 256 g/mol. The van der Waals surface area contributed by atoms with Crippen LogP contribution in [0.15, 0.2) is 40.2 Å². The fraction of sp³-hybridized carbons (Fsp3) is 0.143. The van der Waals surface area contributed by atoms with Crippen LogP contribution in [0.2, 0.25) is 0 Å². The van der Waals surface area contributed by atoms with Gasteiger partial charge in [-0.1, -0.05) is 0 Å². The van der Waals surface area contributed by atoms with Crippen molar-refractivity contribution in [2.24, 2.45) is 0 Å². The normalized spacial score (nSPS) is 10.9. The molecule has 20 heavy (non-hydrogen) atoms. The summed E-state index contributed by atoms with van der Waals surface area (Å²) < 4.78 is 1.38. The number of nitrogens with zero attached hydrogens (tertiary/aromatic N) is 3. The minimum atomic E-state index is -0.517. The third-order valence-electron chi connectivity index (χ3n) is 3.15. The molecule has 0 spiro atoms. The van der Waals surface area contributed by atoms with Gasteiger partial charge in [0.05, 0.1) is 17.3 Å². The van der Waals surface area contributed by atoms with Crippen molar-refractivity contribution in [3.05, 3.63) is 62.7 Å². The molecule has 0 aliphatic rings. The van der Waals surface area contributed by atoms with E-state index < -0.39 is 11.2 Å². The first-order valence-corrected chi connectivity index (χ1v) is 6.11. The molecule has 6 heteroatoms. The number of fused-ring (bicyclic) bond motifs is 1. The maximum atomic E-state index is 12.2. The largest absolute Gasteiger partial charge is 0.334 e. The molecule has 0 aliphatic carbocycles. The van der Waals surface area contributed by atoms with E-state index in [0.717, 1.165) is 11.3 Å². The molecule has 0 amide bonds. The predicted molar refractivity (Wildman–Crippen MR) is 75.2 cm³/mol. The van der Waals surface area contributed by atoms with E-state index in [-0.39, 0.29) is 0 Å². The van der Waals surface area contributed by atoms with Gasteiger partial charge in [0.1, 0.15) is 0 Å². The fourth-order valence-corrected chi connectivity index (χ4v) is 2.12. The first-order valence-electron chi connectivity index (χ1n) is 6.11. The van der Waals surface area contributed by atoms with Gasteiger partial charge < -0.3 is 0 Å². The number of aromatic nitrogens is 4. The minimum absolute atomic E-state index is 0.342. The van der Waals surface area contributed by atoms with Gasteiger partial charge in [0, 0.05) is 11.9 Å². The molecule has 3 aromatic rings. The van der Waals surface area contributed by atoms with Gasteiger partial charge in [0.25, 0.3) is 5.56 Å². The third-order valence-corrected chi connectivity index (χ3v) is 3.15. The topological polar surface area (TPSA) is 80.6 Å². The van der Waals surface area contributed by atoms with Gasteiger partial charge in [0.2, 0.25) is 0 Å². The van der Waals surface area contributed by atoms with E-state index in [1.54, 1.807) is 30.6 Å². The average molecular weight is 268 g/mol. The highest BCUT2D eigenvalue weighted by Crippen LogP contribution is 2.14. The Morgan fingerprint density at radius 2 is 1.95 bits per heavy atom. The molecule has 3 aromatic heterocycles. The van der Waals surface area contributed by atoms with Crippen LogP contribution in [0.1, 0.15) is 11.3 Å². The van der Waals surface area contributed by atoms with Crippen molar-refractivity contribution >= 4 is 11.0 Å². The van der Waals surface area contributed by atoms with Crippen LogP contribution < -0.4 is 11.2 Å². The van der Waals surface area contributed by atoms with Gasteiger partial charge in [-0.2, -0.15) is 0 Å². The summed E-state index contributed by atoms with van der Waals surface area (Å²) in [6.07, 6.45) is 3.23. The highest BCUT2D eigenvalue weighted by atomic mass is 16.2. The van der Waals surface area contributed by atoms with E-state index >= 15 is 0 Å². The summed E-state index contributed by atoms with van der Waals surface area (Å²) >= 11 is 0. The summed E-state index contributed by atoms with van der Waals surface area (Å²) in [5.74, 6) is 0. The maximum Gasteiger partial charge on any atom is 0.334 e. The molecule has 0 unspecified atom stereocenters. The molecule has 3 rings (SSSR count). The smallest absolute Gasteiger partial charge is 0.273 e. The Labute approximate surface area is 113 Å². The molecule has 0 aromatic carbocycles. The zero-order chi connectivity index (χ0) is 14.3. The second-order valence-corrected chi connectivity index (χ2v) is 4.58. The molecule has 0 fully saturated rings. The SMILES string of the molecule is Cc1ccc2c(=O)[nH]c(=O)n(-c3cnccc3C)c2n1. The Balaban J connectivity index is 2.54. The zero-order valence-electron chi connectivity index (χ0n) is 11.0. The van der Waals surface area contributed by atoms with Crippen molar-refractivity contribution in [3.8, 4) is 5.69 Å². The molecule has 0 radical (unpaired) electrons. The summed E-state index contributed by atoms with van der Waals surface area (Å²) in [5.41, 5.74) is 1.61. The molecule has 0 atom stereocenters. The van der Waals surface area contributed by atoms with Gasteiger partial charge in [-0.3, -0.25) is 14.8 Å². The number of hydrogen-bond donors (Lipinski definition) is 1. The lowest BCUT2D eigenvalue weighted by atomic mass is 10.2. The van der Waals surface area contributed by atoms with Crippen LogP contribution in [0.5, 0.6) is 0 Å². The number of nitrogens with one attached hydrogen (secondary N) is 1. The Morgan fingerprint density at radius 3 is 2.70 bits per heavy atom. The fourth-order valence-electron chi connectivity index (χ4n) is 2.12. The lowest BCUT2D eigenvalue weighted by molar-refractivity contribution is 0.907. The van der Waals surface area contributed by atoms with Crippen molar-refractivity contribution in [2.45, 2.75) is 13.8 Å². The first kappa shape index (κ1) is 12.3. The van der Waals surface area contributed by atoms with Crippen molar-refractivity contribution in [3.63, 3.8) is 0 Å². The standard InChI is InChI=1S/C14H12N4O2/c1-8-5-6-15-7-11(8)18-12-10(4-3-9(2)16-12)13(19)17-14(18)20/h3-7H,1-2H3,(H,17,19,20). The highest BCUT2D eigenvalue weighted by molar-refractivity contribution is 5.75. The van der Waals surface area contributed by atoms with Gasteiger partial charge in [0.15, 0.2) is 5.65 Å². The van der Waals surface area contributed by atoms with E-state index in [2.05, 4.69) is 15.0 Å². The summed E-state index contributed by atoms with van der Waals surface area (Å²) in [6.45, 7) is 3.68. The number of H-pyrrole nitrogens is 1. The second kappa shape index (κ2) is 4.41. The van der Waals surface area contributed by atoms with Gasteiger partial charge in [-0.25, -0.2) is 14.3 Å². The monoisotopic (exact) mass is 268 g/mol. The minimum Gasteiger partial charge on any atom is -0.273 e. The first-order chi connectivity index (χ1) is 9.58. The van der Waals surface area contributed by atoms with E-state index in [9.17, 15) is 9.59 Å². The molecule has 100 valence electrons. The van der Waals surface area contributed by atoms with Crippen molar-refractivity contribution in [1.82, 2.24) is 19.5 Å². The Hall–Kier alpha value is -2.76. The van der Waals surface area contributed by atoms with Crippen LogP contribution in [0.4, 0.5) is 0 Å². The average Bonchev–Trinajstić information content (AvgIpc) is 2.40. The Kier molecular flexibility index (Phi) is 2.71. The number of hydrogen-bond acceptors (Lipinski definition) is 4. The number of aryl methyl sites for hydroxylation is 2. The van der Waals surface area contributed by atoms with E-state index in [1.165, 1.54) is 4.57 Å². The highest BCUT2D eigenvalue weighted by Gasteiger charge is 2.12. The van der Waals surface area contributed by atoms with Crippen LogP contribution in [-0.4, -0.2) is 19.5 Å². The van der Waals surface area contributed by atoms with Gasteiger partial charge in [-0.15, -0.1) is 0 Å². The van der Waals surface area contributed by atoms with Gasteiger partial charge >= 0.3 is 5.69 Å². The molecule has 3 heterocycles. The van der Waals surface area contributed by atoms with E-state index in [0.29, 0.717) is 16.7 Å². The predicted octanol–water partition coefficient (Wildman–Crippen LogP) is 1.09. The summed E-state index contributed by atoms with van der Waals surface area (Å²) in [6, 6.07) is 5.20. The van der Waals surface area contributed by atoms with Crippen LogP contribution in [0.3, 0.4) is 0 Å². The molecule has 1 N–H and O–H groups in total. The van der Waals surface area contributed by atoms with E-state index in [4.69, 9.17) is 0 Å². The lowest BCUT2D eigenvalue weighted by Gasteiger charge is -2.10. The summed E-state index contributed by atoms with van der Waals surface area (Å²) in [5, 5.41) is 0.374. The van der Waals surface area contributed by atoms with Crippen molar-refractivity contribution in [1.29, 1.82) is 0 Å². The number of rotatable bonds is 1. The quantitative estimate of drug-likeness (QED) is 0.716. The summed E-state index contributed by atoms with van der Waals surface area (Å²) in [7, 11) is 0. The van der Waals surface area contributed by atoms with Crippen LogP contribution in [-0.2, 0) is 0 Å². The molecule has 0 saturated carbocycles. The lowest BCUT2D eigenvalue weighted by Crippen LogP contribution is -2.30.